The molecule has 0 aliphatic carbocycles. The van der Waals surface area contributed by atoms with Gasteiger partial charge in [-0.25, -0.2) is 0 Å². The van der Waals surface area contributed by atoms with E-state index in [1.165, 1.54) is 11.8 Å². The van der Waals surface area contributed by atoms with Gasteiger partial charge >= 0.3 is 5.97 Å². The summed E-state index contributed by atoms with van der Waals surface area (Å²) >= 11 is 1.45. The normalized spacial score (nSPS) is 14.9. The Hall–Kier alpha value is -4.38. The molecule has 0 unspecified atom stereocenters. The summed E-state index contributed by atoms with van der Waals surface area (Å²) in [6, 6.07) is -9.79. The molecule has 22 heteroatoms. The van der Waals surface area contributed by atoms with Crippen LogP contribution in [0.5, 0.6) is 0 Å². The maximum atomic E-state index is 13.5. The number of primary amides is 1. The number of carboxylic acids is 1. The maximum Gasteiger partial charge on any atom is 0.305 e. The number of carbonyl (C=O) groups is 9. The average Bonchev–Trinajstić information content (AvgIpc) is 3.11. The first-order chi connectivity index (χ1) is 25.4. The van der Waals surface area contributed by atoms with Gasteiger partial charge in [0.15, 0.2) is 0 Å². The summed E-state index contributed by atoms with van der Waals surface area (Å²) in [7, 11) is 0. The van der Waals surface area contributed by atoms with E-state index in [1.807, 2.05) is 6.26 Å². The van der Waals surface area contributed by atoms with Crippen LogP contribution in [0.2, 0.25) is 0 Å². The third kappa shape index (κ3) is 20.2. The number of nitrogens with two attached hydrogens (primary N) is 3. The molecule has 0 fully saturated rings. The van der Waals surface area contributed by atoms with Gasteiger partial charge in [0.25, 0.3) is 0 Å². The topological polar surface area (TPSA) is 365 Å². The number of aliphatic hydroxyl groups excluding tert-OH is 2. The van der Waals surface area contributed by atoms with Gasteiger partial charge in [0.2, 0.25) is 41.4 Å². The molecule has 0 radical (unpaired) electrons. The predicted octanol–water partition coefficient (Wildman–Crippen LogP) is -4.93. The zero-order valence-electron chi connectivity index (χ0n) is 30.8. The van der Waals surface area contributed by atoms with Crippen molar-refractivity contribution in [2.75, 3.05) is 31.8 Å². The number of hydrogen-bond acceptors (Lipinski definition) is 14. The number of aliphatic carboxylic acids is 1. The second kappa shape index (κ2) is 27.2. The van der Waals surface area contributed by atoms with E-state index in [4.69, 9.17) is 22.3 Å². The molecule has 0 aromatic rings. The molecule has 21 nitrogen and oxygen atoms in total. The third-order valence-electron chi connectivity index (χ3n) is 7.72. The standard InChI is InChI=1S/C32H57N9O12S/c1-17(2)12-22(40-31(52)23(13-26(46)47)39-27(48)19(34)15-43)30(51)41-24(16-44)32(53)37-20(6-4-5-10-33)29(50)38-21(7-8-25(35)45)28(49)36-18(14-42)9-11-54-3/h14,17-24,43-44H,4-13,15-16,33-34H2,1-3H3,(H2,35,45)(H,36,49)(H,37,53)(H,38,50)(H,39,48)(H,40,52)(H,41,51)(H,46,47)/t18-,19-,20-,21-,22-,23-,24-/m0/s1. The van der Waals surface area contributed by atoms with Crippen molar-refractivity contribution in [3.05, 3.63) is 0 Å². The number of unbranched alkanes of at least 4 members (excludes halogenated alkanes) is 1. The minimum atomic E-state index is -1.70. The second-order valence-corrected chi connectivity index (χ2v) is 13.8. The van der Waals surface area contributed by atoms with Crippen molar-refractivity contribution >= 4 is 65.4 Å². The van der Waals surface area contributed by atoms with Crippen LogP contribution < -0.4 is 49.1 Å². The smallest absolute Gasteiger partial charge is 0.305 e. The van der Waals surface area contributed by atoms with E-state index in [0.29, 0.717) is 31.3 Å². The summed E-state index contributed by atoms with van der Waals surface area (Å²) in [5.74, 6) is -7.68. The molecule has 0 aliphatic heterocycles. The van der Waals surface area contributed by atoms with E-state index in [2.05, 4.69) is 31.9 Å². The van der Waals surface area contributed by atoms with Crippen molar-refractivity contribution < 1.29 is 58.5 Å². The molecule has 0 aromatic carbocycles. The number of thioether (sulfide) groups is 1. The lowest BCUT2D eigenvalue weighted by atomic mass is 10.0. The van der Waals surface area contributed by atoms with E-state index >= 15 is 0 Å². The quantitative estimate of drug-likeness (QED) is 0.0249. The van der Waals surface area contributed by atoms with Crippen LogP contribution in [0.1, 0.15) is 65.2 Å². The van der Waals surface area contributed by atoms with Gasteiger partial charge < -0.3 is 69.2 Å². The largest absolute Gasteiger partial charge is 0.481 e. The molecule has 0 bridgehead atoms. The highest BCUT2D eigenvalue weighted by molar-refractivity contribution is 7.98. The summed E-state index contributed by atoms with van der Waals surface area (Å²) in [6.45, 7) is 1.88. The minimum Gasteiger partial charge on any atom is -0.481 e. The van der Waals surface area contributed by atoms with E-state index in [9.17, 15) is 53.4 Å². The lowest BCUT2D eigenvalue weighted by Gasteiger charge is -2.27. The van der Waals surface area contributed by atoms with E-state index < -0.39 is 109 Å². The molecule has 0 rings (SSSR count). The van der Waals surface area contributed by atoms with Gasteiger partial charge in [-0.15, -0.1) is 0 Å². The summed E-state index contributed by atoms with van der Waals surface area (Å²) < 4.78 is 0. The lowest BCUT2D eigenvalue weighted by Crippen LogP contribution is -2.60. The number of amides is 7. The van der Waals surface area contributed by atoms with Crippen LogP contribution >= 0.6 is 11.8 Å². The Morgan fingerprint density at radius 1 is 0.685 bits per heavy atom. The van der Waals surface area contributed by atoms with Gasteiger partial charge in [0.1, 0.15) is 42.5 Å². The summed E-state index contributed by atoms with van der Waals surface area (Å²) in [5, 5.41) is 42.7. The first-order valence-electron chi connectivity index (χ1n) is 17.4. The molecule has 0 spiro atoms. The summed E-state index contributed by atoms with van der Waals surface area (Å²) in [4.78, 5) is 113. The minimum absolute atomic E-state index is 0.00162. The first kappa shape index (κ1) is 49.6. The fraction of sp³-hybridized carbons (Fsp3) is 0.719. The van der Waals surface area contributed by atoms with Gasteiger partial charge in [-0.05, 0) is 63.0 Å². The van der Waals surface area contributed by atoms with Crippen molar-refractivity contribution in [2.45, 2.75) is 108 Å². The number of nitrogens with one attached hydrogen (secondary N) is 6. The number of aliphatic hydroxyl groups is 2. The fourth-order valence-corrected chi connectivity index (χ4v) is 5.24. The van der Waals surface area contributed by atoms with Crippen LogP contribution in [0.25, 0.3) is 0 Å². The van der Waals surface area contributed by atoms with Crippen molar-refractivity contribution in [2.24, 2.45) is 23.1 Å². The number of carbonyl (C=O) groups excluding carboxylic acids is 8. The molecule has 7 amide bonds. The van der Waals surface area contributed by atoms with Crippen molar-refractivity contribution in [3.8, 4) is 0 Å². The number of rotatable bonds is 29. The second-order valence-electron chi connectivity index (χ2n) is 12.8. The maximum absolute atomic E-state index is 13.5. The highest BCUT2D eigenvalue weighted by Crippen LogP contribution is 2.09. The summed E-state index contributed by atoms with van der Waals surface area (Å²) in [5.41, 5.74) is 16.3. The van der Waals surface area contributed by atoms with Gasteiger partial charge in [-0.2, -0.15) is 11.8 Å². The molecule has 308 valence electrons. The van der Waals surface area contributed by atoms with Crippen LogP contribution in [0.15, 0.2) is 0 Å². The van der Waals surface area contributed by atoms with Crippen LogP contribution in [0, 0.1) is 5.92 Å². The van der Waals surface area contributed by atoms with E-state index in [-0.39, 0.29) is 38.1 Å². The molecule has 0 aliphatic rings. The Morgan fingerprint density at radius 2 is 1.19 bits per heavy atom. The fourth-order valence-electron chi connectivity index (χ4n) is 4.75. The zero-order valence-corrected chi connectivity index (χ0v) is 31.7. The Morgan fingerprint density at radius 3 is 1.69 bits per heavy atom. The van der Waals surface area contributed by atoms with Gasteiger partial charge in [0.05, 0.1) is 25.7 Å². The monoisotopic (exact) mass is 791 g/mol. The molecular formula is C32H57N9O12S. The lowest BCUT2D eigenvalue weighted by molar-refractivity contribution is -0.141. The van der Waals surface area contributed by atoms with E-state index in [1.54, 1.807) is 13.8 Å². The Labute approximate surface area is 317 Å². The summed E-state index contributed by atoms with van der Waals surface area (Å²) in [6.07, 6.45) is 1.95. The molecule has 15 N–H and O–H groups in total. The first-order valence-corrected chi connectivity index (χ1v) is 18.8. The molecule has 0 aromatic heterocycles. The van der Waals surface area contributed by atoms with E-state index in [0.717, 1.165) is 0 Å². The average molecular weight is 792 g/mol. The van der Waals surface area contributed by atoms with Crippen molar-refractivity contribution in [3.63, 3.8) is 0 Å². The Kier molecular flexibility index (Phi) is 25.0. The predicted molar refractivity (Wildman–Crippen MR) is 196 cm³/mol. The van der Waals surface area contributed by atoms with Gasteiger partial charge in [0, 0.05) is 6.42 Å². The molecule has 0 saturated carbocycles. The zero-order chi connectivity index (χ0) is 41.4. The number of carboxylic acid groups (broad SMARTS) is 1. The SMILES string of the molecule is CSCC[C@@H](C=O)NC(=O)[C@H](CCC(N)=O)NC(=O)[C@H](CCCCN)NC(=O)[C@H](CO)NC(=O)[C@H](CC(C)C)NC(=O)[C@H](CC(=O)O)NC(=O)[C@@H](N)CO. The van der Waals surface area contributed by atoms with Gasteiger partial charge in [-0.1, -0.05) is 13.8 Å². The third-order valence-corrected chi connectivity index (χ3v) is 8.36. The highest BCUT2D eigenvalue weighted by atomic mass is 32.2. The molecule has 0 saturated heterocycles. The highest BCUT2D eigenvalue weighted by Gasteiger charge is 2.34. The van der Waals surface area contributed by atoms with Crippen LogP contribution in [0.4, 0.5) is 0 Å². The van der Waals surface area contributed by atoms with Crippen molar-refractivity contribution in [1.29, 1.82) is 0 Å². The van der Waals surface area contributed by atoms with Crippen LogP contribution in [-0.4, -0.2) is 143 Å². The Bertz CT molecular complexity index is 1280. The van der Waals surface area contributed by atoms with Crippen LogP contribution in [-0.2, 0) is 43.2 Å². The van der Waals surface area contributed by atoms with Crippen LogP contribution in [0.3, 0.4) is 0 Å². The molecule has 54 heavy (non-hydrogen) atoms. The molecule has 0 heterocycles. The molecule has 7 atom stereocenters. The molecular weight excluding hydrogens is 734 g/mol. The Balaban J connectivity index is 6.13. The number of aldehydes is 1. The van der Waals surface area contributed by atoms with Crippen molar-refractivity contribution in [1.82, 2.24) is 31.9 Å². The van der Waals surface area contributed by atoms with Gasteiger partial charge in [-0.3, -0.25) is 38.4 Å². The number of hydrogen-bond donors (Lipinski definition) is 12.